The molecule has 0 aromatic heterocycles. The normalized spacial score (nSPS) is 16.3. The lowest BCUT2D eigenvalue weighted by Crippen LogP contribution is -2.40. The molecule has 30 heavy (non-hydrogen) atoms. The smallest absolute Gasteiger partial charge is 0.323 e. The summed E-state index contributed by atoms with van der Waals surface area (Å²) in [5.74, 6) is -0.221. The fraction of sp³-hybridized carbons (Fsp3) is 0.231. The number of carbonyl (C=O) groups is 2. The Bertz CT molecular complexity index is 984. The van der Waals surface area contributed by atoms with Gasteiger partial charge in [0.25, 0.3) is 0 Å². The minimum atomic E-state index is -0.346. The highest BCUT2D eigenvalue weighted by molar-refractivity contribution is 5.98. The molecule has 1 atom stereocenters. The van der Waals surface area contributed by atoms with Crippen molar-refractivity contribution in [2.45, 2.75) is 25.5 Å². The van der Waals surface area contributed by atoms with Crippen molar-refractivity contribution in [2.24, 2.45) is 0 Å². The third-order valence-corrected chi connectivity index (χ3v) is 5.52. The summed E-state index contributed by atoms with van der Waals surface area (Å²) in [4.78, 5) is 27.3. The molecule has 1 aliphatic rings. The lowest BCUT2D eigenvalue weighted by molar-refractivity contribution is -0.150. The molecule has 0 N–H and O–H groups in total. The van der Waals surface area contributed by atoms with E-state index in [1.165, 1.54) is 0 Å². The molecule has 0 aliphatic carbocycles. The summed E-state index contributed by atoms with van der Waals surface area (Å²) in [5, 5.41) is 0. The predicted octanol–water partition coefficient (Wildman–Crippen LogP) is 4.74. The second-order valence-corrected chi connectivity index (χ2v) is 7.59. The van der Waals surface area contributed by atoms with Crippen LogP contribution in [-0.4, -0.2) is 35.8 Å². The van der Waals surface area contributed by atoms with Crippen LogP contribution in [-0.2, 0) is 16.1 Å². The number of hydrogen-bond acceptors (Lipinski definition) is 4. The summed E-state index contributed by atoms with van der Waals surface area (Å²) >= 11 is 0. The first-order valence-corrected chi connectivity index (χ1v) is 10.3. The average Bonchev–Trinajstić information content (AvgIpc) is 3.27. The maximum Gasteiger partial charge on any atom is 0.323 e. The van der Waals surface area contributed by atoms with Gasteiger partial charge in [0, 0.05) is 5.56 Å². The van der Waals surface area contributed by atoms with Crippen LogP contribution in [0.15, 0.2) is 84.9 Å². The van der Waals surface area contributed by atoms with Gasteiger partial charge in [-0.25, -0.2) is 0 Å². The fourth-order valence-electron chi connectivity index (χ4n) is 3.86. The van der Waals surface area contributed by atoms with E-state index in [0.29, 0.717) is 5.56 Å². The van der Waals surface area contributed by atoms with Crippen LogP contribution in [0.4, 0.5) is 0 Å². The molecule has 0 amide bonds. The van der Waals surface area contributed by atoms with Crippen LogP contribution in [0.3, 0.4) is 0 Å². The monoisotopic (exact) mass is 399 g/mol. The van der Waals surface area contributed by atoms with Crippen LogP contribution >= 0.6 is 0 Å². The standard InChI is InChI=1S/C26H25NO3/c28-25(23-15-13-22(14-16-23)21-10-5-2-6-11-21)18-27-17-7-12-24(27)26(29)30-19-20-8-3-1-4-9-20/h1-6,8-11,13-16,24H,7,12,17-19H2/t24-/m0/s1. The molecule has 3 aromatic carbocycles. The Labute approximate surface area is 177 Å². The number of benzene rings is 3. The molecule has 0 unspecified atom stereocenters. The van der Waals surface area contributed by atoms with Gasteiger partial charge < -0.3 is 4.74 Å². The van der Waals surface area contributed by atoms with Crippen molar-refractivity contribution < 1.29 is 14.3 Å². The maximum atomic E-state index is 12.8. The van der Waals surface area contributed by atoms with Crippen LogP contribution in [0.5, 0.6) is 0 Å². The van der Waals surface area contributed by atoms with Gasteiger partial charge in [0.15, 0.2) is 5.78 Å². The molecule has 4 heteroatoms. The number of esters is 1. The van der Waals surface area contributed by atoms with Gasteiger partial charge in [0.2, 0.25) is 0 Å². The summed E-state index contributed by atoms with van der Waals surface area (Å²) in [5.41, 5.74) is 3.83. The zero-order valence-electron chi connectivity index (χ0n) is 16.9. The molecule has 0 radical (unpaired) electrons. The number of likely N-dealkylation sites (tertiary alicyclic amines) is 1. The van der Waals surface area contributed by atoms with E-state index in [0.717, 1.165) is 36.1 Å². The Morgan fingerprint density at radius 3 is 2.17 bits per heavy atom. The van der Waals surface area contributed by atoms with E-state index < -0.39 is 0 Å². The van der Waals surface area contributed by atoms with E-state index in [2.05, 4.69) is 0 Å². The zero-order valence-corrected chi connectivity index (χ0v) is 16.9. The van der Waals surface area contributed by atoms with Crippen LogP contribution in [0.2, 0.25) is 0 Å². The highest BCUT2D eigenvalue weighted by atomic mass is 16.5. The molecule has 1 aliphatic heterocycles. The first-order valence-electron chi connectivity index (χ1n) is 10.3. The molecule has 1 saturated heterocycles. The van der Waals surface area contributed by atoms with Crippen LogP contribution in [0, 0.1) is 0 Å². The molecule has 1 heterocycles. The maximum absolute atomic E-state index is 12.8. The van der Waals surface area contributed by atoms with Gasteiger partial charge in [-0.1, -0.05) is 84.9 Å². The summed E-state index contributed by atoms with van der Waals surface area (Å²) in [6, 6.07) is 27.0. The van der Waals surface area contributed by atoms with Crippen LogP contribution in [0.1, 0.15) is 28.8 Å². The second kappa shape index (κ2) is 9.51. The first kappa shape index (κ1) is 20.0. The highest BCUT2D eigenvalue weighted by Crippen LogP contribution is 2.22. The van der Waals surface area contributed by atoms with E-state index in [-0.39, 0.29) is 30.9 Å². The zero-order chi connectivity index (χ0) is 20.8. The molecule has 4 rings (SSSR count). The summed E-state index contributed by atoms with van der Waals surface area (Å²) in [7, 11) is 0. The van der Waals surface area contributed by atoms with Crippen molar-refractivity contribution in [1.82, 2.24) is 4.90 Å². The van der Waals surface area contributed by atoms with Gasteiger partial charge in [0.05, 0.1) is 6.54 Å². The van der Waals surface area contributed by atoms with Gasteiger partial charge in [-0.2, -0.15) is 0 Å². The average molecular weight is 399 g/mol. The number of nitrogens with zero attached hydrogens (tertiary/aromatic N) is 1. The number of Topliss-reactive ketones (excluding diaryl/α,β-unsaturated/α-hetero) is 1. The minimum Gasteiger partial charge on any atom is -0.460 e. The molecule has 0 spiro atoms. The molecular weight excluding hydrogens is 374 g/mol. The van der Waals surface area contributed by atoms with Gasteiger partial charge in [-0.3, -0.25) is 14.5 Å². The third-order valence-electron chi connectivity index (χ3n) is 5.52. The molecule has 4 nitrogen and oxygen atoms in total. The Morgan fingerprint density at radius 2 is 1.47 bits per heavy atom. The van der Waals surface area contributed by atoms with Crippen molar-refractivity contribution in [3.05, 3.63) is 96.1 Å². The Balaban J connectivity index is 1.35. The van der Waals surface area contributed by atoms with E-state index >= 15 is 0 Å². The number of carbonyl (C=O) groups excluding carboxylic acids is 2. The lowest BCUT2D eigenvalue weighted by atomic mass is 10.0. The van der Waals surface area contributed by atoms with Crippen molar-refractivity contribution in [3.63, 3.8) is 0 Å². The molecule has 0 saturated carbocycles. The van der Waals surface area contributed by atoms with Gasteiger partial charge in [-0.15, -0.1) is 0 Å². The van der Waals surface area contributed by atoms with Crippen LogP contribution < -0.4 is 0 Å². The predicted molar refractivity (Wildman–Crippen MR) is 117 cm³/mol. The number of ketones is 1. The van der Waals surface area contributed by atoms with Gasteiger partial charge in [-0.05, 0) is 36.1 Å². The molecule has 0 bridgehead atoms. The summed E-state index contributed by atoms with van der Waals surface area (Å²) in [6.45, 7) is 1.23. The van der Waals surface area contributed by atoms with Crippen molar-refractivity contribution >= 4 is 11.8 Å². The summed E-state index contributed by atoms with van der Waals surface area (Å²) in [6.07, 6.45) is 1.62. The highest BCUT2D eigenvalue weighted by Gasteiger charge is 2.33. The molecular formula is C26H25NO3. The SMILES string of the molecule is O=C(CN1CCC[C@H]1C(=O)OCc1ccccc1)c1ccc(-c2ccccc2)cc1. The van der Waals surface area contributed by atoms with Crippen LogP contribution in [0.25, 0.3) is 11.1 Å². The third kappa shape index (κ3) is 4.84. The molecule has 3 aromatic rings. The van der Waals surface area contributed by atoms with Gasteiger partial charge >= 0.3 is 5.97 Å². The first-order chi connectivity index (χ1) is 14.7. The Kier molecular flexibility index (Phi) is 6.35. The van der Waals surface area contributed by atoms with Crippen molar-refractivity contribution in [1.29, 1.82) is 0 Å². The van der Waals surface area contributed by atoms with E-state index in [1.54, 1.807) is 0 Å². The minimum absolute atomic E-state index is 0.0253. The van der Waals surface area contributed by atoms with Gasteiger partial charge in [0.1, 0.15) is 12.6 Å². The van der Waals surface area contributed by atoms with Crippen molar-refractivity contribution in [2.75, 3.05) is 13.1 Å². The molecule has 152 valence electrons. The Morgan fingerprint density at radius 1 is 0.833 bits per heavy atom. The number of ether oxygens (including phenoxy) is 1. The lowest BCUT2D eigenvalue weighted by Gasteiger charge is -2.22. The Hall–Kier alpha value is -3.24. The molecule has 1 fully saturated rings. The largest absolute Gasteiger partial charge is 0.460 e. The topological polar surface area (TPSA) is 46.6 Å². The van der Waals surface area contributed by atoms with E-state index in [1.807, 2.05) is 89.8 Å². The van der Waals surface area contributed by atoms with E-state index in [4.69, 9.17) is 4.74 Å². The van der Waals surface area contributed by atoms with Crippen molar-refractivity contribution in [3.8, 4) is 11.1 Å². The summed E-state index contributed by atoms with van der Waals surface area (Å²) < 4.78 is 5.50. The van der Waals surface area contributed by atoms with E-state index in [9.17, 15) is 9.59 Å². The quantitative estimate of drug-likeness (QED) is 0.425. The number of rotatable bonds is 7. The number of hydrogen-bond donors (Lipinski definition) is 0. The fourth-order valence-corrected chi connectivity index (χ4v) is 3.86. The second-order valence-electron chi connectivity index (χ2n) is 7.59.